The van der Waals surface area contributed by atoms with E-state index in [0.717, 1.165) is 0 Å². The summed E-state index contributed by atoms with van der Waals surface area (Å²) in [4.78, 5) is 65.3. The second-order valence-electron chi connectivity index (χ2n) is 7.01. The monoisotopic (exact) mass is 455 g/mol. The molecule has 32 heavy (non-hydrogen) atoms. The SMILES string of the molecule is NCCCCC(NC(=O)CNC(=O)C(N)CC(=O)O)C(=O)NC(Cc1cnc[nH]1)C(=O)O. The van der Waals surface area contributed by atoms with Gasteiger partial charge in [0.1, 0.15) is 12.1 Å². The van der Waals surface area contributed by atoms with Crippen molar-refractivity contribution in [2.75, 3.05) is 13.1 Å². The molecule has 0 saturated heterocycles. The lowest BCUT2D eigenvalue weighted by Gasteiger charge is -2.21. The zero-order valence-corrected chi connectivity index (χ0v) is 17.4. The molecule has 1 aromatic heterocycles. The van der Waals surface area contributed by atoms with Crippen LogP contribution in [-0.4, -0.2) is 81.1 Å². The second-order valence-corrected chi connectivity index (χ2v) is 7.01. The van der Waals surface area contributed by atoms with Gasteiger partial charge >= 0.3 is 11.9 Å². The van der Waals surface area contributed by atoms with Gasteiger partial charge < -0.3 is 42.6 Å². The third-order valence-electron chi connectivity index (χ3n) is 4.35. The molecule has 0 bridgehead atoms. The maximum Gasteiger partial charge on any atom is 0.326 e. The molecule has 14 nitrogen and oxygen atoms in total. The molecule has 0 radical (unpaired) electrons. The van der Waals surface area contributed by atoms with Gasteiger partial charge in [-0.2, -0.15) is 0 Å². The standard InChI is InChI=1S/C18H29N7O7/c19-4-2-1-3-12(24-14(26)8-22-16(29)11(20)6-15(27)28)17(30)25-13(18(31)32)5-10-7-21-9-23-10/h7,9,11-13H,1-6,8,19-20H2,(H,21,23)(H,22,29)(H,24,26)(H,25,30)(H,27,28)(H,31,32). The first-order valence-electron chi connectivity index (χ1n) is 9.89. The number of rotatable bonds is 15. The topological polar surface area (TPSA) is 243 Å². The molecule has 1 heterocycles. The van der Waals surface area contributed by atoms with Gasteiger partial charge in [-0.1, -0.05) is 0 Å². The van der Waals surface area contributed by atoms with Crippen molar-refractivity contribution in [3.63, 3.8) is 0 Å². The molecule has 14 heteroatoms. The maximum absolute atomic E-state index is 12.7. The summed E-state index contributed by atoms with van der Waals surface area (Å²) in [5.74, 6) is -4.81. The Labute approximate surface area is 183 Å². The molecule has 3 atom stereocenters. The van der Waals surface area contributed by atoms with Crippen LogP contribution in [0.5, 0.6) is 0 Å². The molecule has 1 rings (SSSR count). The van der Waals surface area contributed by atoms with Crippen molar-refractivity contribution in [1.29, 1.82) is 0 Å². The van der Waals surface area contributed by atoms with Gasteiger partial charge in [0.2, 0.25) is 17.7 Å². The van der Waals surface area contributed by atoms with E-state index < -0.39 is 60.8 Å². The summed E-state index contributed by atoms with van der Waals surface area (Å²) in [7, 11) is 0. The Morgan fingerprint density at radius 3 is 2.34 bits per heavy atom. The summed E-state index contributed by atoms with van der Waals surface area (Å²) in [6, 6.07) is -3.66. The molecule has 0 aromatic carbocycles. The third kappa shape index (κ3) is 9.99. The third-order valence-corrected chi connectivity index (χ3v) is 4.35. The highest BCUT2D eigenvalue weighted by molar-refractivity contribution is 5.93. The lowest BCUT2D eigenvalue weighted by Crippen LogP contribution is -2.54. The van der Waals surface area contributed by atoms with Gasteiger partial charge in [-0.05, 0) is 25.8 Å². The molecule has 0 fully saturated rings. The molecule has 0 aliphatic rings. The minimum absolute atomic E-state index is 0.0396. The maximum atomic E-state index is 12.7. The van der Waals surface area contributed by atoms with Gasteiger partial charge in [-0.3, -0.25) is 19.2 Å². The average molecular weight is 455 g/mol. The van der Waals surface area contributed by atoms with Crippen molar-refractivity contribution in [2.24, 2.45) is 11.5 Å². The zero-order chi connectivity index (χ0) is 24.1. The Hall–Kier alpha value is -3.52. The summed E-state index contributed by atoms with van der Waals surface area (Å²) < 4.78 is 0. The summed E-state index contributed by atoms with van der Waals surface area (Å²) in [5.41, 5.74) is 11.4. The first kappa shape index (κ1) is 26.5. The number of carboxylic acid groups (broad SMARTS) is 2. The van der Waals surface area contributed by atoms with Crippen LogP contribution >= 0.6 is 0 Å². The number of amides is 3. The summed E-state index contributed by atoms with van der Waals surface area (Å²) in [6.45, 7) is -0.166. The van der Waals surface area contributed by atoms with E-state index in [-0.39, 0.29) is 12.8 Å². The number of unbranched alkanes of at least 4 members (excludes halogenated alkanes) is 1. The molecule has 10 N–H and O–H groups in total. The smallest absolute Gasteiger partial charge is 0.326 e. The van der Waals surface area contributed by atoms with Gasteiger partial charge in [0, 0.05) is 18.3 Å². The van der Waals surface area contributed by atoms with Gasteiger partial charge in [-0.15, -0.1) is 0 Å². The van der Waals surface area contributed by atoms with Crippen LogP contribution in [-0.2, 0) is 30.4 Å². The number of carboxylic acids is 2. The van der Waals surface area contributed by atoms with Crippen LogP contribution in [0.15, 0.2) is 12.5 Å². The number of nitrogens with two attached hydrogens (primary N) is 2. The quantitative estimate of drug-likeness (QED) is 0.125. The first-order valence-corrected chi connectivity index (χ1v) is 9.89. The normalized spacial score (nSPS) is 13.4. The second kappa shape index (κ2) is 13.7. The van der Waals surface area contributed by atoms with Crippen LogP contribution < -0.4 is 27.4 Å². The van der Waals surface area contributed by atoms with Crippen LogP contribution in [0.4, 0.5) is 0 Å². The number of nitrogens with one attached hydrogen (secondary N) is 4. The van der Waals surface area contributed by atoms with Gasteiger partial charge in [0.25, 0.3) is 0 Å². The molecule has 3 unspecified atom stereocenters. The highest BCUT2D eigenvalue weighted by Gasteiger charge is 2.27. The number of carbonyl (C=O) groups excluding carboxylic acids is 3. The Bertz CT molecular complexity index is 785. The predicted molar refractivity (Wildman–Crippen MR) is 110 cm³/mol. The van der Waals surface area contributed by atoms with E-state index in [1.807, 2.05) is 0 Å². The van der Waals surface area contributed by atoms with Crippen molar-refractivity contribution in [2.45, 2.75) is 50.2 Å². The number of H-pyrrole nitrogens is 1. The van der Waals surface area contributed by atoms with E-state index in [9.17, 15) is 29.1 Å². The van der Waals surface area contributed by atoms with Gasteiger partial charge in [0.05, 0.1) is 25.3 Å². The van der Waals surface area contributed by atoms with Crippen molar-refractivity contribution in [3.05, 3.63) is 18.2 Å². The molecule has 0 aliphatic heterocycles. The number of nitrogens with zero attached hydrogens (tertiary/aromatic N) is 1. The van der Waals surface area contributed by atoms with E-state index in [0.29, 0.717) is 25.1 Å². The molecular weight excluding hydrogens is 426 g/mol. The van der Waals surface area contributed by atoms with E-state index in [4.69, 9.17) is 16.6 Å². The molecular formula is C18H29N7O7. The van der Waals surface area contributed by atoms with Crippen LogP contribution in [0.3, 0.4) is 0 Å². The molecule has 0 aliphatic carbocycles. The Morgan fingerprint density at radius 1 is 1.06 bits per heavy atom. The van der Waals surface area contributed by atoms with E-state index >= 15 is 0 Å². The van der Waals surface area contributed by atoms with E-state index in [1.165, 1.54) is 12.5 Å². The molecule has 1 aromatic rings. The van der Waals surface area contributed by atoms with Crippen molar-refractivity contribution in [3.8, 4) is 0 Å². The number of aromatic nitrogens is 2. The van der Waals surface area contributed by atoms with Crippen molar-refractivity contribution >= 4 is 29.7 Å². The highest BCUT2D eigenvalue weighted by Crippen LogP contribution is 2.04. The Morgan fingerprint density at radius 2 is 1.78 bits per heavy atom. The minimum Gasteiger partial charge on any atom is -0.481 e. The summed E-state index contributed by atoms with van der Waals surface area (Å²) >= 11 is 0. The van der Waals surface area contributed by atoms with Gasteiger partial charge in [-0.25, -0.2) is 9.78 Å². The number of imidazole rings is 1. The Balaban J connectivity index is 2.70. The summed E-state index contributed by atoms with van der Waals surface area (Å²) in [5, 5.41) is 25.1. The fraction of sp³-hybridized carbons (Fsp3) is 0.556. The first-order chi connectivity index (χ1) is 15.1. The minimum atomic E-state index is -1.33. The van der Waals surface area contributed by atoms with Crippen molar-refractivity contribution < 1.29 is 34.2 Å². The summed E-state index contributed by atoms with van der Waals surface area (Å²) in [6.07, 6.45) is 3.42. The zero-order valence-electron chi connectivity index (χ0n) is 17.4. The average Bonchev–Trinajstić information content (AvgIpc) is 3.23. The van der Waals surface area contributed by atoms with Gasteiger partial charge in [0.15, 0.2) is 0 Å². The highest BCUT2D eigenvalue weighted by atomic mass is 16.4. The molecule has 0 spiro atoms. The van der Waals surface area contributed by atoms with Crippen LogP contribution in [0.1, 0.15) is 31.4 Å². The van der Waals surface area contributed by atoms with Crippen LogP contribution in [0.2, 0.25) is 0 Å². The molecule has 0 saturated carbocycles. The number of aromatic amines is 1. The predicted octanol–water partition coefficient (Wildman–Crippen LogP) is -2.95. The van der Waals surface area contributed by atoms with Crippen molar-refractivity contribution in [1.82, 2.24) is 25.9 Å². The number of carbonyl (C=O) groups is 5. The van der Waals surface area contributed by atoms with E-state index in [1.54, 1.807) is 0 Å². The lowest BCUT2D eigenvalue weighted by atomic mass is 10.1. The number of hydrogen-bond donors (Lipinski definition) is 8. The largest absolute Gasteiger partial charge is 0.481 e. The fourth-order valence-electron chi connectivity index (χ4n) is 2.67. The van der Waals surface area contributed by atoms with Crippen LogP contribution in [0, 0.1) is 0 Å². The van der Waals surface area contributed by atoms with Crippen LogP contribution in [0.25, 0.3) is 0 Å². The number of hydrogen-bond acceptors (Lipinski definition) is 8. The number of aliphatic carboxylic acids is 2. The Kier molecular flexibility index (Phi) is 11.4. The fourth-order valence-corrected chi connectivity index (χ4v) is 2.67. The molecule has 178 valence electrons. The van der Waals surface area contributed by atoms with E-state index in [2.05, 4.69) is 25.9 Å². The molecule has 3 amide bonds. The lowest BCUT2D eigenvalue weighted by molar-refractivity contribution is -0.142.